The zero-order chi connectivity index (χ0) is 14.2. The monoisotopic (exact) mass is 273 g/mol. The lowest BCUT2D eigenvalue weighted by Gasteiger charge is -2.15. The second kappa shape index (κ2) is 5.09. The Morgan fingerprint density at radius 1 is 1.35 bits per heavy atom. The zero-order valence-corrected chi connectivity index (χ0v) is 12.0. The van der Waals surface area contributed by atoms with Crippen LogP contribution in [-0.2, 0) is 0 Å². The fourth-order valence-electron chi connectivity index (χ4n) is 2.89. The van der Waals surface area contributed by atoms with Gasteiger partial charge in [0.15, 0.2) is 0 Å². The second-order valence-electron chi connectivity index (χ2n) is 6.36. The van der Waals surface area contributed by atoms with Gasteiger partial charge in [-0.1, -0.05) is 12.1 Å². The van der Waals surface area contributed by atoms with E-state index in [-0.39, 0.29) is 12.1 Å². The van der Waals surface area contributed by atoms with Crippen LogP contribution in [0, 0.1) is 11.3 Å². The summed E-state index contributed by atoms with van der Waals surface area (Å²) in [6, 6.07) is 7.61. The second-order valence-corrected chi connectivity index (χ2v) is 6.36. The number of benzene rings is 1. The molecule has 0 aromatic heterocycles. The number of hydrogen-bond acceptors (Lipinski definition) is 2. The number of amides is 2. The lowest BCUT2D eigenvalue weighted by atomic mass is 10.0. The predicted molar refractivity (Wildman–Crippen MR) is 80.5 cm³/mol. The number of rotatable bonds is 5. The van der Waals surface area contributed by atoms with Crippen molar-refractivity contribution in [3.05, 3.63) is 29.8 Å². The molecular weight excluding hydrogens is 250 g/mol. The Balaban J connectivity index is 1.48. The van der Waals surface area contributed by atoms with E-state index in [0.717, 1.165) is 23.7 Å². The van der Waals surface area contributed by atoms with Crippen LogP contribution in [0.4, 0.5) is 10.5 Å². The average Bonchev–Trinajstić information content (AvgIpc) is 3.28. The Labute approximate surface area is 120 Å². The number of carbonyl (C=O) groups excluding carboxylic acids is 1. The van der Waals surface area contributed by atoms with Gasteiger partial charge in [-0.2, -0.15) is 0 Å². The molecule has 4 heteroatoms. The molecule has 2 saturated carbocycles. The summed E-state index contributed by atoms with van der Waals surface area (Å²) in [5, 5.41) is 5.89. The molecule has 3 rings (SSSR count). The summed E-state index contributed by atoms with van der Waals surface area (Å²) < 4.78 is 0. The summed E-state index contributed by atoms with van der Waals surface area (Å²) >= 11 is 0. The van der Waals surface area contributed by atoms with Crippen LogP contribution in [0.3, 0.4) is 0 Å². The van der Waals surface area contributed by atoms with Crippen molar-refractivity contribution in [3.8, 4) is 0 Å². The molecule has 0 radical (unpaired) electrons. The van der Waals surface area contributed by atoms with E-state index in [0.29, 0.717) is 5.41 Å². The third-order valence-corrected chi connectivity index (χ3v) is 4.63. The molecule has 0 bridgehead atoms. The molecule has 4 nitrogen and oxygen atoms in total. The highest BCUT2D eigenvalue weighted by Gasteiger charge is 2.53. The molecule has 1 aromatic rings. The van der Waals surface area contributed by atoms with E-state index in [4.69, 9.17) is 5.73 Å². The Kier molecular flexibility index (Phi) is 3.42. The van der Waals surface area contributed by atoms with E-state index >= 15 is 0 Å². The van der Waals surface area contributed by atoms with Gasteiger partial charge in [-0.3, -0.25) is 0 Å². The first-order valence-electron chi connectivity index (χ1n) is 7.49. The summed E-state index contributed by atoms with van der Waals surface area (Å²) in [5.74, 6) is 0.869. The summed E-state index contributed by atoms with van der Waals surface area (Å²) in [5.41, 5.74) is 8.12. The minimum absolute atomic E-state index is 0.0196. The molecule has 0 heterocycles. The van der Waals surface area contributed by atoms with Crippen molar-refractivity contribution in [1.82, 2.24) is 5.32 Å². The molecule has 2 aliphatic rings. The average molecular weight is 273 g/mol. The third-order valence-electron chi connectivity index (χ3n) is 4.63. The van der Waals surface area contributed by atoms with Gasteiger partial charge >= 0.3 is 6.03 Å². The Morgan fingerprint density at radius 2 is 2.00 bits per heavy atom. The standard InChI is InChI=1S/C16H23N3O/c1-11(17)12-2-6-14(7-3-12)19-15(20)18-10-16(8-9-16)13-4-5-13/h2-3,6-7,11,13H,4-5,8-10,17H2,1H3,(H2,18,19,20). The van der Waals surface area contributed by atoms with E-state index < -0.39 is 0 Å². The normalized spacial score (nSPS) is 21.1. The van der Waals surface area contributed by atoms with E-state index in [1.165, 1.54) is 25.7 Å². The molecule has 20 heavy (non-hydrogen) atoms. The zero-order valence-electron chi connectivity index (χ0n) is 12.0. The van der Waals surface area contributed by atoms with Crippen LogP contribution in [0.25, 0.3) is 0 Å². The maximum atomic E-state index is 11.9. The van der Waals surface area contributed by atoms with Crippen LogP contribution < -0.4 is 16.4 Å². The number of nitrogens with one attached hydrogen (secondary N) is 2. The highest BCUT2D eigenvalue weighted by atomic mass is 16.2. The first kappa shape index (κ1) is 13.4. The van der Waals surface area contributed by atoms with Crippen molar-refractivity contribution >= 4 is 11.7 Å². The van der Waals surface area contributed by atoms with Gasteiger partial charge in [-0.25, -0.2) is 4.79 Å². The minimum Gasteiger partial charge on any atom is -0.337 e. The molecule has 0 aliphatic heterocycles. The van der Waals surface area contributed by atoms with Crippen molar-refractivity contribution in [2.45, 2.75) is 38.6 Å². The van der Waals surface area contributed by atoms with E-state index in [1.54, 1.807) is 0 Å². The first-order chi connectivity index (χ1) is 9.59. The van der Waals surface area contributed by atoms with E-state index in [1.807, 2.05) is 31.2 Å². The fourth-order valence-corrected chi connectivity index (χ4v) is 2.89. The highest BCUT2D eigenvalue weighted by Crippen LogP contribution is 2.60. The molecule has 2 aliphatic carbocycles. The SMILES string of the molecule is CC(N)c1ccc(NC(=O)NCC2(C3CC3)CC2)cc1. The van der Waals surface area contributed by atoms with Gasteiger partial charge in [-0.05, 0) is 61.6 Å². The Morgan fingerprint density at radius 3 is 2.50 bits per heavy atom. The predicted octanol–water partition coefficient (Wildman–Crippen LogP) is 3.02. The van der Waals surface area contributed by atoms with Crippen molar-refractivity contribution in [2.75, 3.05) is 11.9 Å². The molecule has 2 fully saturated rings. The van der Waals surface area contributed by atoms with Gasteiger partial charge in [-0.15, -0.1) is 0 Å². The van der Waals surface area contributed by atoms with Crippen LogP contribution in [-0.4, -0.2) is 12.6 Å². The molecule has 1 unspecified atom stereocenters. The largest absolute Gasteiger partial charge is 0.337 e. The van der Waals surface area contributed by atoms with Crippen LogP contribution in [0.5, 0.6) is 0 Å². The minimum atomic E-state index is -0.106. The number of nitrogens with two attached hydrogens (primary N) is 1. The summed E-state index contributed by atoms with van der Waals surface area (Å²) in [4.78, 5) is 11.9. The van der Waals surface area contributed by atoms with Gasteiger partial charge in [0.25, 0.3) is 0 Å². The third kappa shape index (κ3) is 2.96. The van der Waals surface area contributed by atoms with Crippen LogP contribution in [0.15, 0.2) is 24.3 Å². The van der Waals surface area contributed by atoms with Gasteiger partial charge in [0.1, 0.15) is 0 Å². The fraction of sp³-hybridized carbons (Fsp3) is 0.562. The van der Waals surface area contributed by atoms with Crippen LogP contribution in [0.2, 0.25) is 0 Å². The summed E-state index contributed by atoms with van der Waals surface area (Å²) in [6.07, 6.45) is 5.26. The van der Waals surface area contributed by atoms with Crippen LogP contribution >= 0.6 is 0 Å². The van der Waals surface area contributed by atoms with Gasteiger partial charge in [0.05, 0.1) is 0 Å². The first-order valence-corrected chi connectivity index (χ1v) is 7.49. The molecule has 4 N–H and O–H groups in total. The van der Waals surface area contributed by atoms with Gasteiger partial charge in [0, 0.05) is 18.3 Å². The molecule has 2 amide bonds. The highest BCUT2D eigenvalue weighted by molar-refractivity contribution is 5.89. The topological polar surface area (TPSA) is 67.1 Å². The number of anilines is 1. The molecular formula is C16H23N3O. The summed E-state index contributed by atoms with van der Waals surface area (Å²) in [6.45, 7) is 2.77. The number of carbonyl (C=O) groups is 1. The molecule has 1 aromatic carbocycles. The maximum Gasteiger partial charge on any atom is 0.319 e. The van der Waals surface area contributed by atoms with Crippen molar-refractivity contribution in [3.63, 3.8) is 0 Å². The number of hydrogen-bond donors (Lipinski definition) is 3. The van der Waals surface area contributed by atoms with E-state index in [9.17, 15) is 4.79 Å². The maximum absolute atomic E-state index is 11.9. The van der Waals surface area contributed by atoms with Crippen molar-refractivity contribution < 1.29 is 4.79 Å². The lowest BCUT2D eigenvalue weighted by Crippen LogP contribution is -2.34. The smallest absolute Gasteiger partial charge is 0.319 e. The quantitative estimate of drug-likeness (QED) is 0.772. The lowest BCUT2D eigenvalue weighted by molar-refractivity contribution is 0.248. The molecule has 108 valence electrons. The van der Waals surface area contributed by atoms with Gasteiger partial charge < -0.3 is 16.4 Å². The van der Waals surface area contributed by atoms with Crippen molar-refractivity contribution in [2.24, 2.45) is 17.1 Å². The van der Waals surface area contributed by atoms with Gasteiger partial charge in [0.2, 0.25) is 0 Å². The van der Waals surface area contributed by atoms with Crippen LogP contribution in [0.1, 0.15) is 44.2 Å². The molecule has 0 spiro atoms. The Hall–Kier alpha value is -1.55. The number of urea groups is 1. The molecule has 0 saturated heterocycles. The summed E-state index contributed by atoms with van der Waals surface area (Å²) in [7, 11) is 0. The Bertz CT molecular complexity index is 487. The van der Waals surface area contributed by atoms with Crippen molar-refractivity contribution in [1.29, 1.82) is 0 Å². The van der Waals surface area contributed by atoms with E-state index in [2.05, 4.69) is 10.6 Å². The molecule has 1 atom stereocenters.